The van der Waals surface area contributed by atoms with Crippen LogP contribution in [0, 0.1) is 35.5 Å². The number of alkyl halides is 2. The Morgan fingerprint density at radius 1 is 0.875 bits per heavy atom. The van der Waals surface area contributed by atoms with Gasteiger partial charge in [-0.25, -0.2) is 13.8 Å². The average molecular weight is 881 g/mol. The minimum atomic E-state index is -2.78. The summed E-state index contributed by atoms with van der Waals surface area (Å²) in [6.07, 6.45) is 11.4. The Labute approximate surface area is 372 Å². The van der Waals surface area contributed by atoms with Crippen molar-refractivity contribution in [3.8, 4) is 0 Å². The first kappa shape index (κ1) is 43.0. The molecule has 3 N–H and O–H groups in total. The number of halogens is 2. The van der Waals surface area contributed by atoms with Crippen LogP contribution in [0.5, 0.6) is 0 Å². The van der Waals surface area contributed by atoms with Gasteiger partial charge in [-0.1, -0.05) is 39.3 Å². The van der Waals surface area contributed by atoms with Gasteiger partial charge < -0.3 is 24.6 Å². The van der Waals surface area contributed by atoms with Crippen molar-refractivity contribution in [3.63, 3.8) is 0 Å². The number of carboxylic acids is 2. The molecule has 4 aliphatic carbocycles. The van der Waals surface area contributed by atoms with Crippen molar-refractivity contribution in [1.29, 1.82) is 0 Å². The molecule has 342 valence electrons. The zero-order valence-corrected chi connectivity index (χ0v) is 37.4. The lowest BCUT2D eigenvalue weighted by molar-refractivity contribution is -0.159. The predicted octanol–water partition coefficient (Wildman–Crippen LogP) is 8.75. The van der Waals surface area contributed by atoms with E-state index in [0.717, 1.165) is 42.3 Å². The summed E-state index contributed by atoms with van der Waals surface area (Å²) in [5.41, 5.74) is 4.26. The Bertz CT molecular complexity index is 2510. The smallest absolute Gasteiger partial charge is 0.306 e. The maximum absolute atomic E-state index is 14.9. The van der Waals surface area contributed by atoms with Crippen LogP contribution in [0.4, 0.5) is 8.78 Å². The van der Waals surface area contributed by atoms with E-state index in [9.17, 15) is 38.2 Å². The van der Waals surface area contributed by atoms with Gasteiger partial charge in [-0.15, -0.1) is 0 Å². The molecular weight excluding hydrogens is 819 g/mol. The van der Waals surface area contributed by atoms with Crippen molar-refractivity contribution in [3.05, 3.63) is 59.0 Å². The molecule has 0 spiro atoms. The quantitative estimate of drug-likeness (QED) is 0.135. The third-order valence-electron chi connectivity index (χ3n) is 16.9. The number of pyridine rings is 1. The average Bonchev–Trinajstić information content (AvgIpc) is 4.13. The maximum Gasteiger partial charge on any atom is 0.306 e. The van der Waals surface area contributed by atoms with Crippen molar-refractivity contribution < 1.29 is 38.2 Å². The number of amides is 2. The highest BCUT2D eigenvalue weighted by molar-refractivity contribution is 5.89. The van der Waals surface area contributed by atoms with Crippen LogP contribution in [0.1, 0.15) is 144 Å². The molecule has 10 atom stereocenters. The Kier molecular flexibility index (Phi) is 10.7. The van der Waals surface area contributed by atoms with Gasteiger partial charge in [-0.05, 0) is 122 Å². The predicted molar refractivity (Wildman–Crippen MR) is 236 cm³/mol. The number of hydrogen-bond acceptors (Lipinski definition) is 6. The zero-order chi connectivity index (χ0) is 45.0. The van der Waals surface area contributed by atoms with Gasteiger partial charge in [0.05, 0.1) is 23.3 Å². The van der Waals surface area contributed by atoms with Crippen LogP contribution in [0.25, 0.3) is 21.9 Å². The van der Waals surface area contributed by atoms with Crippen molar-refractivity contribution in [2.24, 2.45) is 42.6 Å². The van der Waals surface area contributed by atoms with Crippen LogP contribution < -0.4 is 0 Å². The second-order valence-corrected chi connectivity index (χ2v) is 21.4. The van der Waals surface area contributed by atoms with E-state index in [2.05, 4.69) is 34.0 Å². The van der Waals surface area contributed by atoms with E-state index in [4.69, 9.17) is 4.98 Å². The number of aromatic nitrogens is 4. The van der Waals surface area contributed by atoms with Gasteiger partial charge >= 0.3 is 11.9 Å². The van der Waals surface area contributed by atoms with Crippen LogP contribution in [-0.2, 0) is 31.6 Å². The maximum atomic E-state index is 14.9. The molecule has 10 rings (SSSR count). The monoisotopic (exact) mass is 880 g/mol. The van der Waals surface area contributed by atoms with Gasteiger partial charge in [0, 0.05) is 85.8 Å². The third kappa shape index (κ3) is 7.48. The first-order valence-electron chi connectivity index (χ1n) is 23.9. The second-order valence-electron chi connectivity index (χ2n) is 21.4. The fraction of sp³-hybridized carbons (Fsp3) is 0.640. The van der Waals surface area contributed by atoms with Crippen LogP contribution in [0.3, 0.4) is 0 Å². The molecule has 64 heavy (non-hydrogen) atoms. The van der Waals surface area contributed by atoms with E-state index in [1.165, 1.54) is 5.56 Å². The SMILES string of the molecule is CC(CC(=O)N1CCCC2C(C(=O)O)CC(C3CC4C(C(=O)O)CCCC4N(C(=O)CC(C)(C)c4[nH]nc5cccc(C6CC6(F)F)c45)C3)CC21)c1cn(C)c2nccc(C3CC3)c12. The number of piperidine rings is 2. The first-order chi connectivity index (χ1) is 30.5. The summed E-state index contributed by atoms with van der Waals surface area (Å²) in [7, 11) is 2.00. The highest BCUT2D eigenvalue weighted by Crippen LogP contribution is 2.58. The number of carbonyl (C=O) groups excluding carboxylic acids is 2. The van der Waals surface area contributed by atoms with E-state index >= 15 is 0 Å². The molecule has 1 aromatic carbocycles. The molecule has 3 aromatic heterocycles. The van der Waals surface area contributed by atoms with E-state index < -0.39 is 41.0 Å². The number of fused-ring (bicyclic) bond motifs is 4. The first-order valence-corrected chi connectivity index (χ1v) is 23.9. The summed E-state index contributed by atoms with van der Waals surface area (Å²) in [6, 6.07) is 6.83. The molecule has 0 radical (unpaired) electrons. The molecule has 2 amide bonds. The molecule has 2 saturated heterocycles. The number of H-pyrrole nitrogens is 1. The third-order valence-corrected chi connectivity index (χ3v) is 16.9. The number of aromatic amines is 1. The van der Waals surface area contributed by atoms with Crippen molar-refractivity contribution in [1.82, 2.24) is 29.5 Å². The van der Waals surface area contributed by atoms with Gasteiger partial charge in [0.25, 0.3) is 5.92 Å². The van der Waals surface area contributed by atoms with E-state index in [0.29, 0.717) is 86.1 Å². The summed E-state index contributed by atoms with van der Waals surface area (Å²) in [5, 5.41) is 30.7. The number of nitrogens with one attached hydrogen (secondary N) is 1. The summed E-state index contributed by atoms with van der Waals surface area (Å²) in [4.78, 5) is 64.2. The number of nitrogens with zero attached hydrogens (tertiary/aromatic N) is 5. The lowest BCUT2D eigenvalue weighted by Gasteiger charge is -2.54. The highest BCUT2D eigenvalue weighted by Gasteiger charge is 2.58. The molecule has 6 fully saturated rings. The van der Waals surface area contributed by atoms with Gasteiger partial charge in [-0.3, -0.25) is 24.3 Å². The Balaban J connectivity index is 0.921. The van der Waals surface area contributed by atoms with Crippen molar-refractivity contribution >= 4 is 45.7 Å². The van der Waals surface area contributed by atoms with E-state index in [1.807, 2.05) is 36.9 Å². The van der Waals surface area contributed by atoms with E-state index in [-0.39, 0.29) is 66.3 Å². The number of aryl methyl sites for hydroxylation is 1. The van der Waals surface area contributed by atoms with E-state index in [1.54, 1.807) is 18.2 Å². The van der Waals surface area contributed by atoms with Crippen LogP contribution in [-0.4, -0.2) is 94.6 Å². The van der Waals surface area contributed by atoms with Crippen molar-refractivity contribution in [2.75, 3.05) is 13.1 Å². The normalized spacial score (nSPS) is 30.8. The number of rotatable bonds is 11. The van der Waals surface area contributed by atoms with Gasteiger partial charge in [0.1, 0.15) is 5.65 Å². The molecule has 6 aliphatic rings. The fourth-order valence-corrected chi connectivity index (χ4v) is 13.4. The van der Waals surface area contributed by atoms with Crippen LogP contribution in [0.15, 0.2) is 36.7 Å². The summed E-state index contributed by atoms with van der Waals surface area (Å²) in [6.45, 7) is 6.90. The fourth-order valence-electron chi connectivity index (χ4n) is 13.4. The van der Waals surface area contributed by atoms with Gasteiger partial charge in [-0.2, -0.15) is 5.10 Å². The number of aliphatic carboxylic acids is 2. The lowest BCUT2D eigenvalue weighted by atomic mass is 9.60. The molecule has 10 unspecified atom stereocenters. The number of carbonyl (C=O) groups is 4. The summed E-state index contributed by atoms with van der Waals surface area (Å²) >= 11 is 0. The molecule has 12 nitrogen and oxygen atoms in total. The number of likely N-dealkylation sites (tertiary alicyclic amines) is 2. The highest BCUT2D eigenvalue weighted by atomic mass is 19.3. The van der Waals surface area contributed by atoms with Gasteiger partial charge in [0.2, 0.25) is 11.8 Å². The topological polar surface area (TPSA) is 162 Å². The molecule has 4 saturated carbocycles. The molecular formula is C50H62F2N6O6. The minimum Gasteiger partial charge on any atom is -0.481 e. The Hall–Kier alpha value is -4.88. The molecule has 2 aliphatic heterocycles. The summed E-state index contributed by atoms with van der Waals surface area (Å²) in [5.74, 6) is -7.14. The number of carboxylic acid groups (broad SMARTS) is 2. The lowest BCUT2D eigenvalue weighted by Crippen LogP contribution is -2.60. The number of hydrogen-bond donors (Lipinski definition) is 3. The molecule has 14 heteroatoms. The number of benzene rings is 1. The van der Waals surface area contributed by atoms with Crippen LogP contribution in [0.2, 0.25) is 0 Å². The molecule has 4 aromatic rings. The largest absolute Gasteiger partial charge is 0.481 e. The second kappa shape index (κ2) is 15.9. The van der Waals surface area contributed by atoms with Crippen molar-refractivity contribution in [2.45, 2.75) is 145 Å². The standard InChI is InChI=1S/C50H62F2N6O6/c1-26(36-25-56(4)46-43(36)30(15-16-53-46)27-13-14-27)18-41(59)57-17-7-10-31-35(48(63)64)19-28(21-40(31)57)29-20-34-32(47(61)62)8-6-12-39(34)58(24-29)42(60)23-49(2,3)45-44-33(37-22-50(37,51)52)9-5-11-38(44)54-55-45/h5,9,11,15-16,25-29,31-32,34-35,37,39-40H,6-8,10,12-14,17-24H2,1-4H3,(H,54,55)(H,61,62)(H,63,64). The Morgan fingerprint density at radius 2 is 1.64 bits per heavy atom. The van der Waals surface area contributed by atoms with Gasteiger partial charge in [0.15, 0.2) is 0 Å². The molecule has 0 bridgehead atoms. The summed E-state index contributed by atoms with van der Waals surface area (Å²) < 4.78 is 31.0. The molecule has 5 heterocycles. The minimum absolute atomic E-state index is 0.0294. The van der Waals surface area contributed by atoms with Crippen LogP contribution >= 0.6 is 0 Å². The Morgan fingerprint density at radius 3 is 2.36 bits per heavy atom. The zero-order valence-electron chi connectivity index (χ0n) is 37.4.